The number of sulfonamides is 1. The summed E-state index contributed by atoms with van der Waals surface area (Å²) in [5.41, 5.74) is -0.346. The number of hydrogen-bond acceptors (Lipinski definition) is 3. The highest BCUT2D eigenvalue weighted by atomic mass is 32.2. The van der Waals surface area contributed by atoms with Crippen molar-refractivity contribution in [1.82, 2.24) is 9.21 Å². The summed E-state index contributed by atoms with van der Waals surface area (Å²) in [6.45, 7) is 13.2. The Balaban J connectivity index is 4.60. The molecule has 16 heavy (non-hydrogen) atoms. The molecule has 0 N–H and O–H groups in total. The van der Waals surface area contributed by atoms with Crippen molar-refractivity contribution in [2.75, 3.05) is 32.4 Å². The molecule has 0 aromatic carbocycles. The Morgan fingerprint density at radius 1 is 1.00 bits per heavy atom. The standard InChI is InChI=1S/C11H26N2O2S/c1-7-12(8-2)9-10-13(11(3,4)5)16(6,14)15/h7-10H2,1-6H3. The summed E-state index contributed by atoms with van der Waals surface area (Å²) in [6.07, 6.45) is 1.28. The van der Waals surface area contributed by atoms with Crippen molar-refractivity contribution in [1.29, 1.82) is 0 Å². The SMILES string of the molecule is CCN(CC)CCN(C(C)(C)C)S(C)(=O)=O. The molecule has 0 bridgehead atoms. The van der Waals surface area contributed by atoms with E-state index < -0.39 is 10.0 Å². The van der Waals surface area contributed by atoms with Gasteiger partial charge >= 0.3 is 0 Å². The van der Waals surface area contributed by atoms with Crippen molar-refractivity contribution < 1.29 is 8.42 Å². The molecule has 0 aliphatic heterocycles. The van der Waals surface area contributed by atoms with Gasteiger partial charge in [-0.3, -0.25) is 0 Å². The molecule has 5 heteroatoms. The molecule has 0 rings (SSSR count). The molecule has 4 nitrogen and oxygen atoms in total. The molecule has 0 radical (unpaired) electrons. The second kappa shape index (κ2) is 5.98. The smallest absolute Gasteiger partial charge is 0.211 e. The van der Waals surface area contributed by atoms with E-state index in [1.807, 2.05) is 20.8 Å². The third-order valence-corrected chi connectivity index (χ3v) is 4.19. The van der Waals surface area contributed by atoms with Crippen LogP contribution in [0.3, 0.4) is 0 Å². The Kier molecular flexibility index (Phi) is 5.93. The molecule has 0 aliphatic rings. The van der Waals surface area contributed by atoms with Gasteiger partial charge in [0.25, 0.3) is 0 Å². The van der Waals surface area contributed by atoms with Crippen molar-refractivity contribution in [2.45, 2.75) is 40.2 Å². The first-order valence-electron chi connectivity index (χ1n) is 5.83. The molecular weight excluding hydrogens is 224 g/mol. The minimum Gasteiger partial charge on any atom is -0.303 e. The van der Waals surface area contributed by atoms with Gasteiger partial charge in [0.15, 0.2) is 0 Å². The van der Waals surface area contributed by atoms with Gasteiger partial charge < -0.3 is 4.90 Å². The van der Waals surface area contributed by atoms with Gasteiger partial charge in [0.1, 0.15) is 0 Å². The lowest BCUT2D eigenvalue weighted by Gasteiger charge is -2.34. The summed E-state index contributed by atoms with van der Waals surface area (Å²) >= 11 is 0. The molecule has 0 saturated carbocycles. The zero-order chi connectivity index (χ0) is 13.0. The van der Waals surface area contributed by atoms with E-state index in [-0.39, 0.29) is 5.54 Å². The van der Waals surface area contributed by atoms with E-state index in [4.69, 9.17) is 0 Å². The largest absolute Gasteiger partial charge is 0.303 e. The van der Waals surface area contributed by atoms with Crippen molar-refractivity contribution in [2.24, 2.45) is 0 Å². The average molecular weight is 250 g/mol. The van der Waals surface area contributed by atoms with Gasteiger partial charge in [-0.15, -0.1) is 0 Å². The van der Waals surface area contributed by atoms with Crippen LogP contribution in [-0.4, -0.2) is 55.6 Å². The van der Waals surface area contributed by atoms with Gasteiger partial charge in [0.05, 0.1) is 6.26 Å². The highest BCUT2D eigenvalue weighted by molar-refractivity contribution is 7.88. The van der Waals surface area contributed by atoms with Crippen LogP contribution in [0.4, 0.5) is 0 Å². The van der Waals surface area contributed by atoms with Crippen molar-refractivity contribution in [3.63, 3.8) is 0 Å². The predicted molar refractivity (Wildman–Crippen MR) is 69.1 cm³/mol. The van der Waals surface area contributed by atoms with Gasteiger partial charge in [0, 0.05) is 18.6 Å². The Hall–Kier alpha value is -0.130. The second-order valence-corrected chi connectivity index (χ2v) is 6.94. The fraction of sp³-hybridized carbons (Fsp3) is 1.00. The lowest BCUT2D eigenvalue weighted by Crippen LogP contribution is -2.48. The summed E-state index contributed by atoms with van der Waals surface area (Å²) < 4.78 is 24.9. The summed E-state index contributed by atoms with van der Waals surface area (Å²) in [5.74, 6) is 0. The Morgan fingerprint density at radius 2 is 1.44 bits per heavy atom. The zero-order valence-electron chi connectivity index (χ0n) is 11.4. The molecule has 0 saturated heterocycles. The van der Waals surface area contributed by atoms with Crippen LogP contribution < -0.4 is 0 Å². The predicted octanol–water partition coefficient (Wildman–Crippen LogP) is 1.39. The highest BCUT2D eigenvalue weighted by Gasteiger charge is 2.29. The number of hydrogen-bond donors (Lipinski definition) is 0. The lowest BCUT2D eigenvalue weighted by molar-refractivity contribution is 0.207. The quantitative estimate of drug-likeness (QED) is 0.715. The normalized spacial score (nSPS) is 13.8. The molecule has 0 aromatic heterocycles. The van der Waals surface area contributed by atoms with Crippen molar-refractivity contribution in [3.05, 3.63) is 0 Å². The third kappa shape index (κ3) is 5.27. The van der Waals surface area contributed by atoms with E-state index in [2.05, 4.69) is 18.7 Å². The van der Waals surface area contributed by atoms with Crippen LogP contribution in [0.2, 0.25) is 0 Å². The molecule has 0 atom stereocenters. The number of rotatable bonds is 6. The van der Waals surface area contributed by atoms with E-state index in [1.165, 1.54) is 6.26 Å². The maximum absolute atomic E-state index is 11.7. The molecule has 0 aromatic rings. The van der Waals surface area contributed by atoms with Crippen LogP contribution in [0.15, 0.2) is 0 Å². The average Bonchev–Trinajstić information content (AvgIpc) is 2.08. The van der Waals surface area contributed by atoms with Gasteiger partial charge in [-0.05, 0) is 33.9 Å². The van der Waals surface area contributed by atoms with E-state index >= 15 is 0 Å². The second-order valence-electron chi connectivity index (χ2n) is 5.03. The summed E-state index contributed by atoms with van der Waals surface area (Å²) in [5, 5.41) is 0. The Morgan fingerprint density at radius 3 is 1.69 bits per heavy atom. The summed E-state index contributed by atoms with van der Waals surface area (Å²) in [6, 6.07) is 0. The maximum atomic E-state index is 11.7. The molecule has 0 aliphatic carbocycles. The first-order chi connectivity index (χ1) is 7.12. The highest BCUT2D eigenvalue weighted by Crippen LogP contribution is 2.16. The lowest BCUT2D eigenvalue weighted by atomic mass is 10.1. The summed E-state index contributed by atoms with van der Waals surface area (Å²) in [4.78, 5) is 2.23. The molecular formula is C11H26N2O2S. The monoisotopic (exact) mass is 250 g/mol. The van der Waals surface area contributed by atoms with Crippen molar-refractivity contribution in [3.8, 4) is 0 Å². The van der Waals surface area contributed by atoms with E-state index in [0.717, 1.165) is 19.6 Å². The minimum absolute atomic E-state index is 0.346. The number of nitrogens with zero attached hydrogens (tertiary/aromatic N) is 2. The molecule has 0 spiro atoms. The first-order valence-corrected chi connectivity index (χ1v) is 7.68. The van der Waals surface area contributed by atoms with Crippen LogP contribution in [0.5, 0.6) is 0 Å². The van der Waals surface area contributed by atoms with Crippen LogP contribution in [0.1, 0.15) is 34.6 Å². The van der Waals surface area contributed by atoms with Gasteiger partial charge in [-0.1, -0.05) is 13.8 Å². The Labute approximate surface area is 101 Å². The van der Waals surface area contributed by atoms with E-state index in [0.29, 0.717) is 6.54 Å². The topological polar surface area (TPSA) is 40.6 Å². The molecule has 0 unspecified atom stereocenters. The van der Waals surface area contributed by atoms with Crippen LogP contribution in [-0.2, 0) is 10.0 Å². The third-order valence-electron chi connectivity index (χ3n) is 2.66. The van der Waals surface area contributed by atoms with Crippen LogP contribution >= 0.6 is 0 Å². The molecule has 0 fully saturated rings. The van der Waals surface area contributed by atoms with Crippen LogP contribution in [0, 0.1) is 0 Å². The molecule has 98 valence electrons. The fourth-order valence-corrected chi connectivity index (χ4v) is 3.18. The van der Waals surface area contributed by atoms with E-state index in [9.17, 15) is 8.42 Å². The molecule has 0 heterocycles. The van der Waals surface area contributed by atoms with Gasteiger partial charge in [0.2, 0.25) is 10.0 Å². The van der Waals surface area contributed by atoms with Gasteiger partial charge in [-0.2, -0.15) is 4.31 Å². The first kappa shape index (κ1) is 15.9. The summed E-state index contributed by atoms with van der Waals surface area (Å²) in [7, 11) is -3.13. The maximum Gasteiger partial charge on any atom is 0.211 e. The number of likely N-dealkylation sites (N-methyl/N-ethyl adjacent to an activating group) is 1. The zero-order valence-corrected chi connectivity index (χ0v) is 12.3. The minimum atomic E-state index is -3.13. The van der Waals surface area contributed by atoms with Gasteiger partial charge in [-0.25, -0.2) is 8.42 Å². The fourth-order valence-electron chi connectivity index (χ4n) is 1.77. The molecule has 0 amide bonds. The van der Waals surface area contributed by atoms with Crippen LogP contribution in [0.25, 0.3) is 0 Å². The van der Waals surface area contributed by atoms with Crippen molar-refractivity contribution >= 4 is 10.0 Å². The Bertz CT molecular complexity index is 290. The van der Waals surface area contributed by atoms with E-state index in [1.54, 1.807) is 4.31 Å².